The van der Waals surface area contributed by atoms with E-state index in [4.69, 9.17) is 4.74 Å². The Balaban J connectivity index is 4.81. The first-order chi connectivity index (χ1) is 14.4. The molecule has 0 spiro atoms. The predicted molar refractivity (Wildman–Crippen MR) is 128 cm³/mol. The van der Waals surface area contributed by atoms with Crippen LogP contribution in [0.5, 0.6) is 0 Å². The number of ether oxygens (including phenoxy) is 1. The zero-order chi connectivity index (χ0) is 25.4. The van der Waals surface area contributed by atoms with Gasteiger partial charge in [-0.2, -0.15) is 0 Å². The van der Waals surface area contributed by atoms with Crippen molar-refractivity contribution in [2.24, 2.45) is 16.7 Å². The Morgan fingerprint density at radius 1 is 1.00 bits per heavy atom. The van der Waals surface area contributed by atoms with Crippen molar-refractivity contribution in [1.29, 1.82) is 0 Å². The SMILES string of the molecule is CC(C)CCNC(=O)CC(C)(C)OCCC(C)(NC(=O)C(C)(C)CC(C)(C)C(=O)O)SO. The molecule has 9 heteroatoms. The lowest BCUT2D eigenvalue weighted by Crippen LogP contribution is -2.51. The largest absolute Gasteiger partial charge is 0.481 e. The standard InChI is InChI=1S/C23H44N2O6S/c1-16(2)10-12-24-17(26)14-22(7,8)31-13-11-23(9,32-30)25-18(27)20(3,4)15-21(5,6)19(28)29/h16,30H,10-15H2,1-9H3,(H,24,26)(H,25,27)(H,28,29). The van der Waals surface area contributed by atoms with Gasteiger partial charge < -0.3 is 25.0 Å². The number of rotatable bonds is 15. The summed E-state index contributed by atoms with van der Waals surface area (Å²) in [4.78, 5) is 35.4. The highest BCUT2D eigenvalue weighted by Crippen LogP contribution is 2.35. The molecule has 0 saturated carbocycles. The molecule has 1 atom stereocenters. The molecule has 4 N–H and O–H groups in total. The van der Waals surface area contributed by atoms with E-state index in [1.165, 1.54) is 0 Å². The monoisotopic (exact) mass is 476 g/mol. The fourth-order valence-electron chi connectivity index (χ4n) is 3.32. The highest BCUT2D eigenvalue weighted by atomic mass is 32.2. The lowest BCUT2D eigenvalue weighted by molar-refractivity contribution is -0.150. The zero-order valence-corrected chi connectivity index (χ0v) is 22.1. The smallest absolute Gasteiger partial charge is 0.309 e. The van der Waals surface area contributed by atoms with Gasteiger partial charge >= 0.3 is 5.97 Å². The maximum Gasteiger partial charge on any atom is 0.309 e. The maximum absolute atomic E-state index is 12.9. The van der Waals surface area contributed by atoms with Gasteiger partial charge in [-0.25, -0.2) is 0 Å². The highest BCUT2D eigenvalue weighted by molar-refractivity contribution is 7.95. The number of carbonyl (C=O) groups is 3. The minimum Gasteiger partial charge on any atom is -0.481 e. The topological polar surface area (TPSA) is 125 Å². The second-order valence-electron chi connectivity index (χ2n) is 11.1. The van der Waals surface area contributed by atoms with Crippen molar-refractivity contribution in [3.05, 3.63) is 0 Å². The Bertz CT molecular complexity index is 648. The van der Waals surface area contributed by atoms with Crippen molar-refractivity contribution in [2.75, 3.05) is 13.2 Å². The van der Waals surface area contributed by atoms with Crippen LogP contribution in [0.4, 0.5) is 0 Å². The zero-order valence-electron chi connectivity index (χ0n) is 21.3. The predicted octanol–water partition coefficient (Wildman–Crippen LogP) is 4.29. The van der Waals surface area contributed by atoms with E-state index in [2.05, 4.69) is 24.5 Å². The van der Waals surface area contributed by atoms with Gasteiger partial charge in [0, 0.05) is 30.4 Å². The van der Waals surface area contributed by atoms with Crippen LogP contribution in [0.3, 0.4) is 0 Å². The summed E-state index contributed by atoms with van der Waals surface area (Å²) < 4.78 is 15.7. The quantitative estimate of drug-likeness (QED) is 0.205. The molecule has 0 aromatic carbocycles. The number of carbonyl (C=O) groups excluding carboxylic acids is 2. The van der Waals surface area contributed by atoms with Crippen molar-refractivity contribution in [3.8, 4) is 0 Å². The van der Waals surface area contributed by atoms with Gasteiger partial charge in [-0.3, -0.25) is 14.4 Å². The Morgan fingerprint density at radius 3 is 2.03 bits per heavy atom. The van der Waals surface area contributed by atoms with Gasteiger partial charge in [0.2, 0.25) is 11.8 Å². The number of aliphatic carboxylic acids is 1. The van der Waals surface area contributed by atoms with Gasteiger partial charge in [-0.15, -0.1) is 0 Å². The number of hydrogen-bond donors (Lipinski definition) is 4. The van der Waals surface area contributed by atoms with Crippen molar-refractivity contribution in [3.63, 3.8) is 0 Å². The number of nitrogens with one attached hydrogen (secondary N) is 2. The van der Waals surface area contributed by atoms with Crippen LogP contribution in [0, 0.1) is 16.7 Å². The van der Waals surface area contributed by atoms with E-state index in [9.17, 15) is 24.0 Å². The van der Waals surface area contributed by atoms with Crippen molar-refractivity contribution >= 4 is 29.8 Å². The van der Waals surface area contributed by atoms with Crippen molar-refractivity contribution in [1.82, 2.24) is 10.6 Å². The lowest BCUT2D eigenvalue weighted by atomic mass is 9.74. The fraction of sp³-hybridized carbons (Fsp3) is 0.870. The number of carboxylic acid groups (broad SMARTS) is 1. The molecule has 0 aliphatic rings. The first-order valence-corrected chi connectivity index (χ1v) is 11.9. The minimum atomic E-state index is -1.06. The number of carboxylic acids is 1. The molecular formula is C23H44N2O6S. The number of amides is 2. The normalized spacial score (nSPS) is 14.7. The van der Waals surface area contributed by atoms with Crippen molar-refractivity contribution < 1.29 is 28.8 Å². The molecule has 0 aromatic heterocycles. The van der Waals surface area contributed by atoms with Crippen LogP contribution >= 0.6 is 12.0 Å². The third-order valence-corrected chi connectivity index (χ3v) is 6.07. The van der Waals surface area contributed by atoms with Crippen molar-refractivity contribution in [2.45, 2.75) is 98.5 Å². The van der Waals surface area contributed by atoms with E-state index in [1.54, 1.807) is 34.6 Å². The third kappa shape index (κ3) is 11.5. The van der Waals surface area contributed by atoms with Gasteiger partial charge in [0.15, 0.2) is 0 Å². The van der Waals surface area contributed by atoms with Crippen LogP contribution in [-0.4, -0.2) is 51.1 Å². The molecule has 0 rings (SSSR count). The molecule has 0 aliphatic carbocycles. The number of hydrogen-bond acceptors (Lipinski definition) is 6. The Kier molecular flexibility index (Phi) is 11.7. The molecule has 0 saturated heterocycles. The molecule has 0 radical (unpaired) electrons. The molecule has 8 nitrogen and oxygen atoms in total. The van der Waals surface area contributed by atoms with E-state index in [1.807, 2.05) is 13.8 Å². The van der Waals surface area contributed by atoms with Crippen LogP contribution in [0.15, 0.2) is 0 Å². The van der Waals surface area contributed by atoms with Crippen LogP contribution < -0.4 is 10.6 Å². The maximum atomic E-state index is 12.9. The molecule has 2 amide bonds. The fourth-order valence-corrected chi connectivity index (χ4v) is 3.64. The molecule has 0 heterocycles. The molecule has 0 aromatic rings. The van der Waals surface area contributed by atoms with E-state index < -0.39 is 27.3 Å². The first kappa shape index (κ1) is 30.7. The van der Waals surface area contributed by atoms with E-state index >= 15 is 0 Å². The van der Waals surface area contributed by atoms with Crippen LogP contribution in [-0.2, 0) is 19.1 Å². The molecule has 1 unspecified atom stereocenters. The summed E-state index contributed by atoms with van der Waals surface area (Å²) in [5, 5.41) is 15.1. The Hall–Kier alpha value is -1.32. The average Bonchev–Trinajstić information content (AvgIpc) is 2.59. The molecule has 188 valence electrons. The van der Waals surface area contributed by atoms with Crippen LogP contribution in [0.1, 0.15) is 88.0 Å². The van der Waals surface area contributed by atoms with E-state index in [0.717, 1.165) is 6.42 Å². The molecule has 32 heavy (non-hydrogen) atoms. The average molecular weight is 477 g/mol. The Morgan fingerprint density at radius 2 is 1.56 bits per heavy atom. The summed E-state index contributed by atoms with van der Waals surface area (Å²) in [5.74, 6) is -0.879. The summed E-state index contributed by atoms with van der Waals surface area (Å²) in [5.41, 5.74) is -2.71. The van der Waals surface area contributed by atoms with Gasteiger partial charge in [0.1, 0.15) is 4.87 Å². The molecule has 0 aliphatic heterocycles. The summed E-state index contributed by atoms with van der Waals surface area (Å²) >= 11 is 0.512. The second kappa shape index (κ2) is 12.2. The molecule has 0 bridgehead atoms. The molecule has 0 fully saturated rings. The third-order valence-electron chi connectivity index (χ3n) is 5.36. The van der Waals surface area contributed by atoms with Gasteiger partial charge in [0.05, 0.1) is 24.0 Å². The van der Waals surface area contributed by atoms with E-state index in [0.29, 0.717) is 30.9 Å². The lowest BCUT2D eigenvalue weighted by Gasteiger charge is -2.36. The summed E-state index contributed by atoms with van der Waals surface area (Å²) in [6.07, 6.45) is 1.57. The van der Waals surface area contributed by atoms with Gasteiger partial charge in [-0.05, 0) is 53.4 Å². The second-order valence-corrected chi connectivity index (χ2v) is 12.2. The first-order valence-electron chi connectivity index (χ1n) is 11.1. The van der Waals surface area contributed by atoms with Gasteiger partial charge in [0.25, 0.3) is 0 Å². The highest BCUT2D eigenvalue weighted by Gasteiger charge is 2.41. The van der Waals surface area contributed by atoms with Crippen LogP contribution in [0.2, 0.25) is 0 Å². The Labute approximate surface area is 197 Å². The van der Waals surface area contributed by atoms with Crippen LogP contribution in [0.25, 0.3) is 0 Å². The summed E-state index contributed by atoms with van der Waals surface area (Å²) in [6.45, 7) is 16.9. The van der Waals surface area contributed by atoms with Gasteiger partial charge in [-0.1, -0.05) is 27.7 Å². The van der Waals surface area contributed by atoms with E-state index in [-0.39, 0.29) is 31.3 Å². The molecular weight excluding hydrogens is 432 g/mol. The summed E-state index contributed by atoms with van der Waals surface area (Å²) in [6, 6.07) is 0. The summed E-state index contributed by atoms with van der Waals surface area (Å²) in [7, 11) is 0. The minimum absolute atomic E-state index is 0.0777.